The molecule has 0 amide bonds. The molecule has 0 aliphatic heterocycles. The Morgan fingerprint density at radius 2 is 1.84 bits per heavy atom. The molecule has 132 valence electrons. The van der Waals surface area contributed by atoms with Gasteiger partial charge in [0, 0.05) is 6.04 Å². The Hall–Kier alpha value is -2.13. The fraction of sp³-hybridized carbons (Fsp3) is 0.300. The second-order valence-electron chi connectivity index (χ2n) is 6.25. The number of benzene rings is 2. The highest BCUT2D eigenvalue weighted by molar-refractivity contribution is 7.85. The summed E-state index contributed by atoms with van der Waals surface area (Å²) in [6.45, 7) is 2.36. The van der Waals surface area contributed by atoms with Gasteiger partial charge in [-0.2, -0.15) is 8.42 Å². The third kappa shape index (κ3) is 5.43. The van der Waals surface area contributed by atoms with Crippen LogP contribution in [-0.4, -0.2) is 37.5 Å². The van der Waals surface area contributed by atoms with E-state index in [9.17, 15) is 13.0 Å². The molecule has 25 heavy (non-hydrogen) atoms. The molecular formula is C20H23NO3S. The maximum Gasteiger partial charge on any atom is 0.294 e. The van der Waals surface area contributed by atoms with E-state index in [1.807, 2.05) is 55.3 Å². The van der Waals surface area contributed by atoms with Crippen LogP contribution in [0.2, 0.25) is 0 Å². The van der Waals surface area contributed by atoms with Crippen LogP contribution < -0.4 is 0 Å². The summed E-state index contributed by atoms with van der Waals surface area (Å²) in [5.41, 5.74) is 2.70. The standard InChI is InChI=1S/C20H23NO3S/c1-4-12-21(3)19(14-17-8-6-5-7-9-17)15-18-13-16(2)10-11-20(18)25(22,23)24/h1,5-11,13,19H,12,14-15H2,2-3H3,(H,22,23,24)/t19-/m0/s1. The molecule has 0 radical (unpaired) electrons. The average molecular weight is 357 g/mol. The molecule has 2 aromatic carbocycles. The Kier molecular flexibility index (Phi) is 6.38. The third-order valence-electron chi connectivity index (χ3n) is 4.23. The molecule has 4 nitrogen and oxygen atoms in total. The van der Waals surface area contributed by atoms with Gasteiger partial charge in [-0.3, -0.25) is 9.45 Å². The summed E-state index contributed by atoms with van der Waals surface area (Å²) >= 11 is 0. The highest BCUT2D eigenvalue weighted by Gasteiger charge is 2.21. The van der Waals surface area contributed by atoms with E-state index in [0.717, 1.165) is 17.5 Å². The first-order valence-electron chi connectivity index (χ1n) is 8.06. The smallest absolute Gasteiger partial charge is 0.292 e. The van der Waals surface area contributed by atoms with Gasteiger partial charge < -0.3 is 0 Å². The largest absolute Gasteiger partial charge is 0.294 e. The van der Waals surface area contributed by atoms with E-state index >= 15 is 0 Å². The van der Waals surface area contributed by atoms with Crippen molar-refractivity contribution >= 4 is 10.1 Å². The van der Waals surface area contributed by atoms with E-state index in [0.29, 0.717) is 18.5 Å². The number of rotatable bonds is 7. The molecular weight excluding hydrogens is 334 g/mol. The minimum Gasteiger partial charge on any atom is -0.292 e. The number of aryl methyl sites for hydroxylation is 1. The van der Waals surface area contributed by atoms with Crippen LogP contribution in [0.15, 0.2) is 53.4 Å². The molecule has 1 atom stereocenters. The number of hydrogen-bond donors (Lipinski definition) is 1. The Morgan fingerprint density at radius 3 is 2.44 bits per heavy atom. The van der Waals surface area contributed by atoms with Crippen molar-refractivity contribution in [2.75, 3.05) is 13.6 Å². The Labute approximate surface area is 150 Å². The van der Waals surface area contributed by atoms with Crippen molar-refractivity contribution in [3.8, 4) is 12.3 Å². The van der Waals surface area contributed by atoms with Gasteiger partial charge in [-0.15, -0.1) is 6.42 Å². The first-order valence-corrected chi connectivity index (χ1v) is 9.50. The monoisotopic (exact) mass is 357 g/mol. The molecule has 0 aromatic heterocycles. The Bertz CT molecular complexity index is 854. The minimum absolute atomic E-state index is 0.0146. The van der Waals surface area contributed by atoms with E-state index in [1.165, 1.54) is 6.07 Å². The lowest BCUT2D eigenvalue weighted by molar-refractivity contribution is 0.265. The van der Waals surface area contributed by atoms with E-state index in [1.54, 1.807) is 6.07 Å². The molecule has 0 fully saturated rings. The molecule has 5 heteroatoms. The van der Waals surface area contributed by atoms with Gasteiger partial charge in [0.05, 0.1) is 11.4 Å². The summed E-state index contributed by atoms with van der Waals surface area (Å²) in [5.74, 6) is 2.63. The second-order valence-corrected chi connectivity index (χ2v) is 7.64. The van der Waals surface area contributed by atoms with Gasteiger partial charge in [-0.05, 0) is 44.0 Å². The highest BCUT2D eigenvalue weighted by Crippen LogP contribution is 2.22. The zero-order chi connectivity index (χ0) is 18.4. The first kappa shape index (κ1) is 19.2. The lowest BCUT2D eigenvalue weighted by Crippen LogP contribution is -2.36. The van der Waals surface area contributed by atoms with Gasteiger partial charge in [0.25, 0.3) is 10.1 Å². The summed E-state index contributed by atoms with van der Waals surface area (Å²) in [5, 5.41) is 0. The molecule has 0 bridgehead atoms. The van der Waals surface area contributed by atoms with E-state index in [2.05, 4.69) is 5.92 Å². The summed E-state index contributed by atoms with van der Waals surface area (Å²) in [6, 6.07) is 15.0. The zero-order valence-corrected chi connectivity index (χ0v) is 15.3. The molecule has 0 unspecified atom stereocenters. The molecule has 2 aromatic rings. The Balaban J connectivity index is 2.37. The van der Waals surface area contributed by atoms with Crippen LogP contribution >= 0.6 is 0 Å². The second kappa shape index (κ2) is 8.30. The first-order chi connectivity index (χ1) is 11.8. The van der Waals surface area contributed by atoms with Crippen LogP contribution in [0.3, 0.4) is 0 Å². The van der Waals surface area contributed by atoms with E-state index in [-0.39, 0.29) is 10.9 Å². The number of nitrogens with zero attached hydrogens (tertiary/aromatic N) is 1. The van der Waals surface area contributed by atoms with Crippen molar-refractivity contribution < 1.29 is 13.0 Å². The summed E-state index contributed by atoms with van der Waals surface area (Å²) in [4.78, 5) is 1.99. The number of likely N-dealkylation sites (N-methyl/N-ethyl adjacent to an activating group) is 1. The van der Waals surface area contributed by atoms with Crippen molar-refractivity contribution in [3.05, 3.63) is 65.2 Å². The maximum atomic E-state index is 11.7. The van der Waals surface area contributed by atoms with Gasteiger partial charge in [-0.25, -0.2) is 0 Å². The van der Waals surface area contributed by atoms with E-state index in [4.69, 9.17) is 6.42 Å². The molecule has 1 N–H and O–H groups in total. The minimum atomic E-state index is -4.27. The number of terminal acetylenes is 1. The fourth-order valence-electron chi connectivity index (χ4n) is 2.92. The average Bonchev–Trinajstić information content (AvgIpc) is 2.54. The molecule has 0 heterocycles. The van der Waals surface area contributed by atoms with Crippen LogP contribution in [0.4, 0.5) is 0 Å². The van der Waals surface area contributed by atoms with Crippen LogP contribution in [-0.2, 0) is 23.0 Å². The lowest BCUT2D eigenvalue weighted by Gasteiger charge is -2.27. The van der Waals surface area contributed by atoms with Crippen LogP contribution in [0, 0.1) is 19.3 Å². The van der Waals surface area contributed by atoms with Gasteiger partial charge in [-0.1, -0.05) is 53.9 Å². The number of hydrogen-bond acceptors (Lipinski definition) is 3. The van der Waals surface area contributed by atoms with Crippen molar-refractivity contribution in [3.63, 3.8) is 0 Å². The molecule has 0 saturated carbocycles. The van der Waals surface area contributed by atoms with Crippen LogP contribution in [0.1, 0.15) is 16.7 Å². The summed E-state index contributed by atoms with van der Waals surface area (Å²) < 4.78 is 33.0. The van der Waals surface area contributed by atoms with Crippen molar-refractivity contribution in [1.29, 1.82) is 0 Å². The van der Waals surface area contributed by atoms with Crippen molar-refractivity contribution in [2.45, 2.75) is 30.7 Å². The predicted octanol–water partition coefficient (Wildman–Crippen LogP) is 2.96. The normalized spacial score (nSPS) is 12.8. The van der Waals surface area contributed by atoms with Gasteiger partial charge >= 0.3 is 0 Å². The zero-order valence-electron chi connectivity index (χ0n) is 14.5. The Morgan fingerprint density at radius 1 is 1.16 bits per heavy atom. The predicted molar refractivity (Wildman–Crippen MR) is 100 cm³/mol. The fourth-order valence-corrected chi connectivity index (χ4v) is 3.63. The lowest BCUT2D eigenvalue weighted by atomic mass is 9.97. The SMILES string of the molecule is C#CCN(C)[C@@H](Cc1ccccc1)Cc1cc(C)ccc1S(=O)(=O)O. The maximum absolute atomic E-state index is 11.7. The molecule has 0 spiro atoms. The topological polar surface area (TPSA) is 57.6 Å². The van der Waals surface area contributed by atoms with E-state index < -0.39 is 10.1 Å². The van der Waals surface area contributed by atoms with Crippen molar-refractivity contribution in [2.24, 2.45) is 0 Å². The van der Waals surface area contributed by atoms with Gasteiger partial charge in [0.1, 0.15) is 0 Å². The molecule has 2 rings (SSSR count). The molecule has 0 aliphatic carbocycles. The third-order valence-corrected chi connectivity index (χ3v) is 5.18. The van der Waals surface area contributed by atoms with Gasteiger partial charge in [0.15, 0.2) is 0 Å². The van der Waals surface area contributed by atoms with Crippen LogP contribution in [0.25, 0.3) is 0 Å². The summed E-state index contributed by atoms with van der Waals surface area (Å²) in [7, 11) is -2.34. The van der Waals surface area contributed by atoms with Crippen molar-refractivity contribution in [1.82, 2.24) is 4.90 Å². The van der Waals surface area contributed by atoms with Gasteiger partial charge in [0.2, 0.25) is 0 Å². The van der Waals surface area contributed by atoms with Crippen LogP contribution in [0.5, 0.6) is 0 Å². The molecule has 0 aliphatic rings. The quantitative estimate of drug-likeness (QED) is 0.611. The molecule has 0 saturated heterocycles. The highest BCUT2D eigenvalue weighted by atomic mass is 32.2. The summed E-state index contributed by atoms with van der Waals surface area (Å²) in [6.07, 6.45) is 6.66.